The standard InChI is InChI=1S/C21H20N6O/c1-12-2-3-16-15(9-25-26-16)19(12)13-6-17-20-18(7-13)28-10-14-8-22-4-5-27(14)21(20)24-11-23-17/h2-3,6-7,9,11,14,22H,4-5,8,10H2,1H3,(H,25,26)/t14-/m1/s1. The molecule has 6 rings (SSSR count). The van der Waals surface area contributed by atoms with Crippen LogP contribution in [0.3, 0.4) is 0 Å². The van der Waals surface area contributed by atoms with Crippen molar-refractivity contribution in [3.63, 3.8) is 0 Å². The summed E-state index contributed by atoms with van der Waals surface area (Å²) in [7, 11) is 0. The Morgan fingerprint density at radius 2 is 2.18 bits per heavy atom. The highest BCUT2D eigenvalue weighted by molar-refractivity contribution is 6.02. The van der Waals surface area contributed by atoms with Gasteiger partial charge in [0.2, 0.25) is 0 Å². The van der Waals surface area contributed by atoms with E-state index >= 15 is 0 Å². The number of ether oxygens (including phenoxy) is 1. The lowest BCUT2D eigenvalue weighted by atomic mass is 9.95. The van der Waals surface area contributed by atoms with E-state index in [0.717, 1.165) is 64.1 Å². The minimum atomic E-state index is 0.279. The molecular formula is C21H20N6O. The summed E-state index contributed by atoms with van der Waals surface area (Å²) in [5.41, 5.74) is 5.40. The smallest absolute Gasteiger partial charge is 0.144 e. The number of piperazine rings is 1. The van der Waals surface area contributed by atoms with Crippen LogP contribution < -0.4 is 15.0 Å². The van der Waals surface area contributed by atoms with Crippen LogP contribution in [0, 0.1) is 6.92 Å². The first-order chi connectivity index (χ1) is 13.8. The van der Waals surface area contributed by atoms with Crippen LogP contribution in [-0.4, -0.2) is 52.4 Å². The van der Waals surface area contributed by atoms with E-state index in [4.69, 9.17) is 4.74 Å². The highest BCUT2D eigenvalue weighted by atomic mass is 16.5. The largest absolute Gasteiger partial charge is 0.491 e. The minimum Gasteiger partial charge on any atom is -0.491 e. The SMILES string of the molecule is Cc1ccc2[nH]ncc2c1-c1cc2c3c(ncnc3c1)N1CCNC[C@@H]1CO2. The molecule has 0 amide bonds. The molecule has 140 valence electrons. The third-order valence-electron chi connectivity index (χ3n) is 5.86. The summed E-state index contributed by atoms with van der Waals surface area (Å²) in [5.74, 6) is 1.84. The lowest BCUT2D eigenvalue weighted by Crippen LogP contribution is -2.53. The summed E-state index contributed by atoms with van der Waals surface area (Å²) in [6.45, 7) is 5.55. The predicted octanol–water partition coefficient (Wildman–Crippen LogP) is 2.65. The van der Waals surface area contributed by atoms with Crippen LogP contribution in [0.25, 0.3) is 32.9 Å². The van der Waals surface area contributed by atoms with E-state index in [1.165, 1.54) is 5.56 Å². The average Bonchev–Trinajstić information content (AvgIpc) is 3.13. The Kier molecular flexibility index (Phi) is 3.34. The molecule has 1 atom stereocenters. The maximum absolute atomic E-state index is 6.30. The van der Waals surface area contributed by atoms with E-state index in [1.54, 1.807) is 6.33 Å². The van der Waals surface area contributed by atoms with Gasteiger partial charge in [-0.3, -0.25) is 5.10 Å². The Morgan fingerprint density at radius 3 is 3.14 bits per heavy atom. The number of aromatic nitrogens is 4. The number of fused-ring (bicyclic) bond motifs is 3. The van der Waals surface area contributed by atoms with Crippen molar-refractivity contribution >= 4 is 27.6 Å². The Balaban J connectivity index is 1.61. The van der Waals surface area contributed by atoms with Crippen molar-refractivity contribution < 1.29 is 4.74 Å². The van der Waals surface area contributed by atoms with Crippen LogP contribution in [0.1, 0.15) is 5.56 Å². The molecule has 4 aromatic rings. The number of hydrogen-bond acceptors (Lipinski definition) is 6. The van der Waals surface area contributed by atoms with Gasteiger partial charge in [0.25, 0.3) is 0 Å². The molecule has 2 aliphatic rings. The number of H-pyrrole nitrogens is 1. The number of aromatic amines is 1. The predicted molar refractivity (Wildman–Crippen MR) is 109 cm³/mol. The van der Waals surface area contributed by atoms with Crippen LogP contribution in [0.5, 0.6) is 5.75 Å². The number of aryl methyl sites for hydroxylation is 1. The average molecular weight is 372 g/mol. The molecule has 0 aliphatic carbocycles. The quantitative estimate of drug-likeness (QED) is 0.535. The second kappa shape index (κ2) is 5.90. The molecular weight excluding hydrogens is 352 g/mol. The second-order valence-electron chi connectivity index (χ2n) is 7.52. The van der Waals surface area contributed by atoms with E-state index in [2.05, 4.69) is 61.6 Å². The van der Waals surface area contributed by atoms with Gasteiger partial charge in [0.05, 0.1) is 28.7 Å². The van der Waals surface area contributed by atoms with Gasteiger partial charge in [-0.05, 0) is 41.8 Å². The van der Waals surface area contributed by atoms with Crippen LogP contribution in [0.2, 0.25) is 0 Å². The molecule has 2 aromatic carbocycles. The molecule has 0 bridgehead atoms. The number of nitrogens with zero attached hydrogens (tertiary/aromatic N) is 4. The lowest BCUT2D eigenvalue weighted by Gasteiger charge is -2.35. The van der Waals surface area contributed by atoms with Crippen LogP contribution in [0.15, 0.2) is 36.8 Å². The summed E-state index contributed by atoms with van der Waals surface area (Å²) < 4.78 is 6.30. The van der Waals surface area contributed by atoms with Crippen molar-refractivity contribution in [1.82, 2.24) is 25.5 Å². The fourth-order valence-electron chi connectivity index (χ4n) is 4.50. The third kappa shape index (κ3) is 2.23. The maximum atomic E-state index is 6.30. The van der Waals surface area contributed by atoms with Gasteiger partial charge in [-0.2, -0.15) is 5.10 Å². The van der Waals surface area contributed by atoms with Crippen molar-refractivity contribution in [2.75, 3.05) is 31.1 Å². The zero-order valence-electron chi connectivity index (χ0n) is 15.6. The minimum absolute atomic E-state index is 0.279. The topological polar surface area (TPSA) is 79.0 Å². The van der Waals surface area contributed by atoms with Gasteiger partial charge in [-0.1, -0.05) is 6.07 Å². The maximum Gasteiger partial charge on any atom is 0.144 e. The molecule has 2 aliphatic heterocycles. The van der Waals surface area contributed by atoms with Crippen molar-refractivity contribution in [3.05, 3.63) is 42.4 Å². The molecule has 2 N–H and O–H groups in total. The summed E-state index contributed by atoms with van der Waals surface area (Å²) in [6, 6.07) is 8.75. The monoisotopic (exact) mass is 372 g/mol. The van der Waals surface area contributed by atoms with Crippen molar-refractivity contribution in [3.8, 4) is 16.9 Å². The molecule has 1 saturated heterocycles. The molecule has 7 heteroatoms. The van der Waals surface area contributed by atoms with Crippen molar-refractivity contribution in [2.24, 2.45) is 0 Å². The van der Waals surface area contributed by atoms with Gasteiger partial charge in [0, 0.05) is 25.0 Å². The fourth-order valence-corrected chi connectivity index (χ4v) is 4.50. The first-order valence-corrected chi connectivity index (χ1v) is 9.61. The number of benzene rings is 2. The third-order valence-corrected chi connectivity index (χ3v) is 5.86. The summed E-state index contributed by atoms with van der Waals surface area (Å²) >= 11 is 0. The van der Waals surface area contributed by atoms with E-state index in [9.17, 15) is 0 Å². The van der Waals surface area contributed by atoms with Gasteiger partial charge in [0.1, 0.15) is 24.5 Å². The molecule has 2 aromatic heterocycles. The Hall–Kier alpha value is -3.19. The first-order valence-electron chi connectivity index (χ1n) is 9.61. The molecule has 0 saturated carbocycles. The summed E-state index contributed by atoms with van der Waals surface area (Å²) in [5, 5.41) is 12.9. The molecule has 0 unspecified atom stereocenters. The number of hydrogen-bond donors (Lipinski definition) is 2. The van der Waals surface area contributed by atoms with Gasteiger partial charge >= 0.3 is 0 Å². The van der Waals surface area contributed by atoms with E-state index in [-0.39, 0.29) is 6.04 Å². The summed E-state index contributed by atoms with van der Waals surface area (Å²) in [4.78, 5) is 11.6. The first kappa shape index (κ1) is 15.8. The molecule has 4 heterocycles. The van der Waals surface area contributed by atoms with E-state index in [0.29, 0.717) is 6.61 Å². The highest BCUT2D eigenvalue weighted by Gasteiger charge is 2.30. The van der Waals surface area contributed by atoms with Crippen LogP contribution in [-0.2, 0) is 0 Å². The van der Waals surface area contributed by atoms with E-state index < -0.39 is 0 Å². The normalized spacial score (nSPS) is 18.8. The molecule has 0 radical (unpaired) electrons. The zero-order chi connectivity index (χ0) is 18.7. The van der Waals surface area contributed by atoms with Crippen LogP contribution >= 0.6 is 0 Å². The number of anilines is 1. The van der Waals surface area contributed by atoms with Crippen LogP contribution in [0.4, 0.5) is 5.82 Å². The highest BCUT2D eigenvalue weighted by Crippen LogP contribution is 2.41. The van der Waals surface area contributed by atoms with Gasteiger partial charge in [-0.25, -0.2) is 9.97 Å². The Morgan fingerprint density at radius 1 is 1.21 bits per heavy atom. The summed E-state index contributed by atoms with van der Waals surface area (Å²) in [6.07, 6.45) is 3.55. The van der Waals surface area contributed by atoms with Gasteiger partial charge in [-0.15, -0.1) is 0 Å². The lowest BCUT2D eigenvalue weighted by molar-refractivity contribution is 0.274. The molecule has 28 heavy (non-hydrogen) atoms. The fraction of sp³-hybridized carbons (Fsp3) is 0.286. The zero-order valence-corrected chi connectivity index (χ0v) is 15.6. The Bertz CT molecular complexity index is 1220. The second-order valence-corrected chi connectivity index (χ2v) is 7.52. The van der Waals surface area contributed by atoms with Gasteiger partial charge in [0.15, 0.2) is 0 Å². The molecule has 1 fully saturated rings. The van der Waals surface area contributed by atoms with Crippen molar-refractivity contribution in [2.45, 2.75) is 13.0 Å². The molecule has 7 nitrogen and oxygen atoms in total. The molecule has 0 spiro atoms. The Labute approximate surface area is 161 Å². The number of nitrogens with one attached hydrogen (secondary N) is 2. The van der Waals surface area contributed by atoms with E-state index in [1.807, 2.05) is 6.20 Å². The van der Waals surface area contributed by atoms with Crippen molar-refractivity contribution in [1.29, 1.82) is 0 Å². The van der Waals surface area contributed by atoms with Gasteiger partial charge < -0.3 is 15.0 Å². The number of rotatable bonds is 1.